The van der Waals surface area contributed by atoms with Crippen molar-refractivity contribution in [3.63, 3.8) is 0 Å². The maximum absolute atomic E-state index is 11.2. The number of ketones is 1. The van der Waals surface area contributed by atoms with Gasteiger partial charge in [0.1, 0.15) is 5.69 Å². The molecule has 0 radical (unpaired) electrons. The summed E-state index contributed by atoms with van der Waals surface area (Å²) in [6.45, 7) is 3.86. The SMILES string of the molecule is CCCC1CCC(c2nc(C(C)=O)cs2)CC1. The lowest BCUT2D eigenvalue weighted by Crippen LogP contribution is -2.13. The Hall–Kier alpha value is -0.700. The molecule has 0 aliphatic heterocycles. The van der Waals surface area contributed by atoms with Gasteiger partial charge < -0.3 is 0 Å². The van der Waals surface area contributed by atoms with E-state index in [0.717, 1.165) is 5.92 Å². The monoisotopic (exact) mass is 251 g/mol. The van der Waals surface area contributed by atoms with Gasteiger partial charge in [0.15, 0.2) is 5.78 Å². The molecule has 1 aliphatic carbocycles. The molecule has 17 heavy (non-hydrogen) atoms. The normalized spacial score (nSPS) is 24.8. The number of carbonyl (C=O) groups excluding carboxylic acids is 1. The number of nitrogens with zero attached hydrogens (tertiary/aromatic N) is 1. The van der Waals surface area contributed by atoms with Crippen LogP contribution in [0.5, 0.6) is 0 Å². The third-order valence-corrected chi connectivity index (χ3v) is 4.78. The average Bonchev–Trinajstić information content (AvgIpc) is 2.80. The molecule has 0 saturated heterocycles. The minimum atomic E-state index is 0.0900. The fraction of sp³-hybridized carbons (Fsp3) is 0.714. The molecular formula is C14H21NOS. The lowest BCUT2D eigenvalue weighted by Gasteiger charge is -2.26. The Balaban J connectivity index is 1.93. The molecule has 1 aliphatic rings. The molecule has 1 aromatic heterocycles. The van der Waals surface area contributed by atoms with Gasteiger partial charge in [-0.25, -0.2) is 4.98 Å². The molecular weight excluding hydrogens is 230 g/mol. The fourth-order valence-corrected chi connectivity index (χ4v) is 3.77. The second-order valence-electron chi connectivity index (χ2n) is 5.13. The number of Topliss-reactive ketones (excluding diaryl/α,β-unsaturated/α-hetero) is 1. The summed E-state index contributed by atoms with van der Waals surface area (Å²) in [7, 11) is 0. The van der Waals surface area contributed by atoms with Crippen LogP contribution in [-0.4, -0.2) is 10.8 Å². The summed E-state index contributed by atoms with van der Waals surface area (Å²) in [6, 6.07) is 0. The van der Waals surface area contributed by atoms with Crippen molar-refractivity contribution < 1.29 is 4.79 Å². The van der Waals surface area contributed by atoms with Crippen molar-refractivity contribution in [2.45, 2.75) is 58.3 Å². The van der Waals surface area contributed by atoms with Gasteiger partial charge in [-0.1, -0.05) is 19.8 Å². The molecule has 1 fully saturated rings. The summed E-state index contributed by atoms with van der Waals surface area (Å²) in [5.41, 5.74) is 0.653. The third-order valence-electron chi connectivity index (χ3n) is 3.78. The molecule has 0 spiro atoms. The van der Waals surface area contributed by atoms with Crippen LogP contribution in [0.25, 0.3) is 0 Å². The van der Waals surface area contributed by atoms with Crippen molar-refractivity contribution in [2.24, 2.45) is 5.92 Å². The van der Waals surface area contributed by atoms with Gasteiger partial charge in [-0.3, -0.25) is 4.79 Å². The van der Waals surface area contributed by atoms with Crippen molar-refractivity contribution in [2.75, 3.05) is 0 Å². The lowest BCUT2D eigenvalue weighted by molar-refractivity contribution is 0.101. The first-order valence-electron chi connectivity index (χ1n) is 6.67. The van der Waals surface area contributed by atoms with Crippen LogP contribution in [0.2, 0.25) is 0 Å². The maximum Gasteiger partial charge on any atom is 0.178 e. The zero-order valence-corrected chi connectivity index (χ0v) is 11.6. The van der Waals surface area contributed by atoms with Gasteiger partial charge >= 0.3 is 0 Å². The Bertz CT molecular complexity index is 377. The highest BCUT2D eigenvalue weighted by Crippen LogP contribution is 2.38. The lowest BCUT2D eigenvalue weighted by atomic mass is 9.80. The van der Waals surface area contributed by atoms with E-state index >= 15 is 0 Å². The molecule has 0 amide bonds. The summed E-state index contributed by atoms with van der Waals surface area (Å²) >= 11 is 1.67. The van der Waals surface area contributed by atoms with Crippen LogP contribution in [0.4, 0.5) is 0 Å². The largest absolute Gasteiger partial charge is 0.293 e. The first kappa shape index (κ1) is 12.7. The minimum absolute atomic E-state index is 0.0900. The van der Waals surface area contributed by atoms with E-state index in [1.54, 1.807) is 18.3 Å². The number of hydrogen-bond acceptors (Lipinski definition) is 3. The molecule has 1 saturated carbocycles. The van der Waals surface area contributed by atoms with Crippen LogP contribution in [0.1, 0.15) is 73.8 Å². The van der Waals surface area contributed by atoms with E-state index in [-0.39, 0.29) is 5.78 Å². The van der Waals surface area contributed by atoms with Crippen LogP contribution >= 0.6 is 11.3 Å². The van der Waals surface area contributed by atoms with Crippen LogP contribution in [-0.2, 0) is 0 Å². The van der Waals surface area contributed by atoms with Crippen LogP contribution in [0.15, 0.2) is 5.38 Å². The Labute approximate surface area is 107 Å². The zero-order chi connectivity index (χ0) is 12.3. The van der Waals surface area contributed by atoms with Gasteiger partial charge in [0.05, 0.1) is 5.01 Å². The second-order valence-corrected chi connectivity index (χ2v) is 6.02. The zero-order valence-electron chi connectivity index (χ0n) is 10.7. The number of rotatable bonds is 4. The highest BCUT2D eigenvalue weighted by atomic mass is 32.1. The van der Waals surface area contributed by atoms with Gasteiger partial charge in [0.25, 0.3) is 0 Å². The molecule has 0 N–H and O–H groups in total. The Morgan fingerprint density at radius 3 is 2.65 bits per heavy atom. The molecule has 0 bridgehead atoms. The standard InChI is InChI=1S/C14H21NOS/c1-3-4-11-5-7-12(8-6-11)14-15-13(9-17-14)10(2)16/h9,11-12H,3-8H2,1-2H3. The van der Waals surface area contributed by atoms with Gasteiger partial charge in [0.2, 0.25) is 0 Å². The summed E-state index contributed by atoms with van der Waals surface area (Å²) in [6.07, 6.45) is 7.89. The average molecular weight is 251 g/mol. The van der Waals surface area contributed by atoms with Crippen LogP contribution in [0, 0.1) is 5.92 Å². The van der Waals surface area contributed by atoms with E-state index in [0.29, 0.717) is 11.6 Å². The quantitative estimate of drug-likeness (QED) is 0.741. The van der Waals surface area contributed by atoms with Crippen molar-refractivity contribution in [1.82, 2.24) is 4.98 Å². The van der Waals surface area contributed by atoms with Gasteiger partial charge in [-0.05, 0) is 31.6 Å². The fourth-order valence-electron chi connectivity index (χ4n) is 2.74. The molecule has 94 valence electrons. The number of aromatic nitrogens is 1. The second kappa shape index (κ2) is 5.76. The smallest absolute Gasteiger partial charge is 0.178 e. The van der Waals surface area contributed by atoms with E-state index in [9.17, 15) is 4.79 Å². The molecule has 3 heteroatoms. The molecule has 2 rings (SSSR count). The van der Waals surface area contributed by atoms with Gasteiger partial charge in [-0.2, -0.15) is 0 Å². The van der Waals surface area contributed by atoms with E-state index in [1.807, 2.05) is 5.38 Å². The van der Waals surface area contributed by atoms with Crippen LogP contribution < -0.4 is 0 Å². The highest BCUT2D eigenvalue weighted by Gasteiger charge is 2.24. The number of carbonyl (C=O) groups is 1. The maximum atomic E-state index is 11.2. The molecule has 1 aromatic rings. The summed E-state index contributed by atoms with van der Waals surface area (Å²) < 4.78 is 0. The van der Waals surface area contributed by atoms with Crippen molar-refractivity contribution >= 4 is 17.1 Å². The van der Waals surface area contributed by atoms with E-state index in [2.05, 4.69) is 11.9 Å². The molecule has 2 nitrogen and oxygen atoms in total. The van der Waals surface area contributed by atoms with Crippen molar-refractivity contribution in [1.29, 1.82) is 0 Å². The van der Waals surface area contributed by atoms with E-state index < -0.39 is 0 Å². The van der Waals surface area contributed by atoms with Gasteiger partial charge in [-0.15, -0.1) is 11.3 Å². The topological polar surface area (TPSA) is 30.0 Å². The van der Waals surface area contributed by atoms with Crippen molar-refractivity contribution in [3.05, 3.63) is 16.1 Å². The Morgan fingerprint density at radius 2 is 2.12 bits per heavy atom. The minimum Gasteiger partial charge on any atom is -0.293 e. The molecule has 1 heterocycles. The van der Waals surface area contributed by atoms with Crippen molar-refractivity contribution in [3.8, 4) is 0 Å². The summed E-state index contributed by atoms with van der Waals surface area (Å²) in [5, 5.41) is 3.10. The first-order valence-corrected chi connectivity index (χ1v) is 7.55. The molecule has 0 unspecified atom stereocenters. The highest BCUT2D eigenvalue weighted by molar-refractivity contribution is 7.09. The number of hydrogen-bond donors (Lipinski definition) is 0. The van der Waals surface area contributed by atoms with E-state index in [1.165, 1.54) is 43.5 Å². The summed E-state index contributed by atoms with van der Waals surface area (Å²) in [5.74, 6) is 1.64. The Morgan fingerprint density at radius 1 is 1.41 bits per heavy atom. The summed E-state index contributed by atoms with van der Waals surface area (Å²) in [4.78, 5) is 15.7. The third kappa shape index (κ3) is 3.15. The predicted octanol–water partition coefficient (Wildman–Crippen LogP) is 4.42. The van der Waals surface area contributed by atoms with Gasteiger partial charge in [0, 0.05) is 18.2 Å². The predicted molar refractivity (Wildman–Crippen MR) is 71.7 cm³/mol. The molecule has 0 atom stereocenters. The number of thiazole rings is 1. The van der Waals surface area contributed by atoms with Crippen LogP contribution in [0.3, 0.4) is 0 Å². The molecule has 0 aromatic carbocycles. The van der Waals surface area contributed by atoms with E-state index in [4.69, 9.17) is 0 Å². The first-order chi connectivity index (χ1) is 8.20. The Kier molecular flexibility index (Phi) is 4.32.